The van der Waals surface area contributed by atoms with Crippen molar-refractivity contribution in [2.75, 3.05) is 30.5 Å². The Morgan fingerprint density at radius 1 is 1.36 bits per heavy atom. The van der Waals surface area contributed by atoms with Gasteiger partial charge in [0.05, 0.1) is 12.9 Å². The van der Waals surface area contributed by atoms with E-state index in [1.165, 1.54) is 4.90 Å². The number of urea groups is 1. The van der Waals surface area contributed by atoms with E-state index in [4.69, 9.17) is 4.74 Å². The number of hydrogen-bond donors (Lipinski definition) is 1. The number of benzene rings is 1. The Morgan fingerprint density at radius 2 is 2.05 bits per heavy atom. The summed E-state index contributed by atoms with van der Waals surface area (Å²) in [5.74, 6) is 0.678. The van der Waals surface area contributed by atoms with Gasteiger partial charge in [-0.2, -0.15) is 0 Å². The normalized spacial score (nSPS) is 12.5. The molecular weight excluding hydrogens is 304 g/mol. The van der Waals surface area contributed by atoms with Crippen molar-refractivity contribution in [2.45, 2.75) is 26.8 Å². The van der Waals surface area contributed by atoms with E-state index in [2.05, 4.69) is 5.32 Å². The average Bonchev–Trinajstić information content (AvgIpc) is 2.47. The molecule has 1 unspecified atom stereocenters. The number of carbonyl (C=O) groups is 1. The van der Waals surface area contributed by atoms with Crippen LogP contribution in [0.1, 0.15) is 20.8 Å². The van der Waals surface area contributed by atoms with Gasteiger partial charge >= 0.3 is 6.03 Å². The van der Waals surface area contributed by atoms with Gasteiger partial charge in [0.2, 0.25) is 0 Å². The van der Waals surface area contributed by atoms with Crippen LogP contribution in [0.5, 0.6) is 5.75 Å². The molecule has 1 rings (SSSR count). The fourth-order valence-electron chi connectivity index (χ4n) is 2.13. The Morgan fingerprint density at radius 3 is 2.59 bits per heavy atom. The third-order valence-corrected chi connectivity index (χ3v) is 5.26. The lowest BCUT2D eigenvalue weighted by atomic mass is 10.3. The molecule has 7 heteroatoms. The molecule has 0 saturated carbocycles. The van der Waals surface area contributed by atoms with Gasteiger partial charge in [0.15, 0.2) is 9.84 Å². The van der Waals surface area contributed by atoms with Crippen molar-refractivity contribution in [3.63, 3.8) is 0 Å². The number of nitrogens with zero attached hydrogens (tertiary/aromatic N) is 1. The molecule has 6 nitrogen and oxygen atoms in total. The summed E-state index contributed by atoms with van der Waals surface area (Å²) in [6.07, 6.45) is 0. The summed E-state index contributed by atoms with van der Waals surface area (Å²) in [5, 5.41) is 2.76. The molecule has 0 radical (unpaired) electrons. The van der Waals surface area contributed by atoms with Crippen LogP contribution in [-0.2, 0) is 9.84 Å². The minimum absolute atomic E-state index is 0.0388. The lowest BCUT2D eigenvalue weighted by Crippen LogP contribution is -2.44. The molecule has 1 N–H and O–H groups in total. The van der Waals surface area contributed by atoms with E-state index in [1.54, 1.807) is 45.2 Å². The summed E-state index contributed by atoms with van der Waals surface area (Å²) >= 11 is 0. The van der Waals surface area contributed by atoms with Gasteiger partial charge < -0.3 is 15.0 Å². The largest absolute Gasteiger partial charge is 0.497 e. The first-order valence-corrected chi connectivity index (χ1v) is 9.07. The summed E-state index contributed by atoms with van der Waals surface area (Å²) < 4.78 is 28.5. The Kier molecular flexibility index (Phi) is 6.67. The number of hydrogen-bond acceptors (Lipinski definition) is 4. The second-order valence-electron chi connectivity index (χ2n) is 5.00. The van der Waals surface area contributed by atoms with E-state index >= 15 is 0 Å². The fraction of sp³-hybridized carbons (Fsp3) is 0.533. The number of anilines is 1. The van der Waals surface area contributed by atoms with Crippen LogP contribution in [0.3, 0.4) is 0 Å². The molecule has 1 atom stereocenters. The molecule has 0 aliphatic carbocycles. The second kappa shape index (κ2) is 8.03. The Labute approximate surface area is 132 Å². The van der Waals surface area contributed by atoms with E-state index in [0.717, 1.165) is 0 Å². The highest BCUT2D eigenvalue weighted by molar-refractivity contribution is 7.91. The highest BCUT2D eigenvalue weighted by Crippen LogP contribution is 2.17. The number of sulfone groups is 1. The minimum atomic E-state index is -3.13. The number of ether oxygens (including phenoxy) is 1. The summed E-state index contributed by atoms with van der Waals surface area (Å²) in [6.45, 7) is 5.59. The summed E-state index contributed by atoms with van der Waals surface area (Å²) in [6, 6.07) is 6.30. The molecule has 1 aromatic rings. The molecule has 0 saturated heterocycles. The first-order valence-electron chi connectivity index (χ1n) is 7.25. The van der Waals surface area contributed by atoms with Crippen LogP contribution in [0.4, 0.5) is 10.5 Å². The van der Waals surface area contributed by atoms with Crippen LogP contribution in [0, 0.1) is 0 Å². The Bertz CT molecular complexity index is 601. The summed E-state index contributed by atoms with van der Waals surface area (Å²) in [5.41, 5.74) is 0.605. The zero-order valence-electron chi connectivity index (χ0n) is 13.5. The second-order valence-corrected chi connectivity index (χ2v) is 7.39. The predicted molar refractivity (Wildman–Crippen MR) is 88.2 cm³/mol. The summed E-state index contributed by atoms with van der Waals surface area (Å²) in [4.78, 5) is 13.8. The van der Waals surface area contributed by atoms with Crippen LogP contribution < -0.4 is 10.1 Å². The molecule has 22 heavy (non-hydrogen) atoms. The molecule has 2 amide bonds. The van der Waals surface area contributed by atoms with E-state index in [9.17, 15) is 13.2 Å². The van der Waals surface area contributed by atoms with Gasteiger partial charge in [-0.3, -0.25) is 0 Å². The van der Waals surface area contributed by atoms with Crippen LogP contribution in [-0.4, -0.2) is 50.6 Å². The fourth-order valence-corrected chi connectivity index (χ4v) is 3.28. The first kappa shape index (κ1) is 18.3. The third-order valence-electron chi connectivity index (χ3n) is 3.39. The van der Waals surface area contributed by atoms with Crippen LogP contribution in [0.25, 0.3) is 0 Å². The maximum atomic E-state index is 12.3. The number of carbonyl (C=O) groups excluding carboxylic acids is 1. The maximum absolute atomic E-state index is 12.3. The lowest BCUT2D eigenvalue weighted by Gasteiger charge is -2.28. The Balaban J connectivity index is 2.79. The highest BCUT2D eigenvalue weighted by atomic mass is 32.2. The summed E-state index contributed by atoms with van der Waals surface area (Å²) in [7, 11) is -1.58. The number of nitrogens with one attached hydrogen (secondary N) is 1. The SMILES string of the molecule is CCN(C(=O)Nc1cccc(OC)c1)C(C)CS(=O)(=O)CC. The van der Waals surface area contributed by atoms with E-state index < -0.39 is 9.84 Å². The van der Waals surface area contributed by atoms with Gasteiger partial charge in [0.25, 0.3) is 0 Å². The van der Waals surface area contributed by atoms with Crippen LogP contribution in [0.2, 0.25) is 0 Å². The molecule has 0 spiro atoms. The van der Waals surface area contributed by atoms with Crippen molar-refractivity contribution in [1.82, 2.24) is 4.90 Å². The van der Waals surface area contributed by atoms with Gasteiger partial charge in [-0.05, 0) is 26.0 Å². The number of rotatable bonds is 7. The van der Waals surface area contributed by atoms with E-state index in [-0.39, 0.29) is 23.6 Å². The van der Waals surface area contributed by atoms with Gasteiger partial charge in [-0.15, -0.1) is 0 Å². The molecule has 0 heterocycles. The van der Waals surface area contributed by atoms with E-state index in [1.807, 2.05) is 6.92 Å². The maximum Gasteiger partial charge on any atom is 0.322 e. The van der Waals surface area contributed by atoms with Crippen molar-refractivity contribution in [1.29, 1.82) is 0 Å². The van der Waals surface area contributed by atoms with Gasteiger partial charge in [0.1, 0.15) is 5.75 Å². The molecule has 1 aromatic carbocycles. The Hall–Kier alpha value is -1.76. The number of amides is 2. The standard InChI is InChI=1S/C15H24N2O4S/c1-5-17(12(3)11-22(19,20)6-2)15(18)16-13-8-7-9-14(10-13)21-4/h7-10,12H,5-6,11H2,1-4H3,(H,16,18). The van der Waals surface area contributed by atoms with Crippen molar-refractivity contribution in [2.24, 2.45) is 0 Å². The zero-order chi connectivity index (χ0) is 16.8. The van der Waals surface area contributed by atoms with Crippen LogP contribution >= 0.6 is 0 Å². The van der Waals surface area contributed by atoms with Crippen molar-refractivity contribution in [3.05, 3.63) is 24.3 Å². The lowest BCUT2D eigenvalue weighted by molar-refractivity contribution is 0.201. The molecule has 0 aliphatic heterocycles. The molecule has 0 bridgehead atoms. The monoisotopic (exact) mass is 328 g/mol. The molecule has 0 aromatic heterocycles. The first-order chi connectivity index (χ1) is 10.3. The molecule has 124 valence electrons. The van der Waals surface area contributed by atoms with Crippen LogP contribution in [0.15, 0.2) is 24.3 Å². The zero-order valence-corrected chi connectivity index (χ0v) is 14.3. The van der Waals surface area contributed by atoms with Gasteiger partial charge in [-0.25, -0.2) is 13.2 Å². The van der Waals surface area contributed by atoms with E-state index in [0.29, 0.717) is 18.0 Å². The van der Waals surface area contributed by atoms with Crippen molar-refractivity contribution in [3.8, 4) is 5.75 Å². The van der Waals surface area contributed by atoms with Crippen molar-refractivity contribution < 1.29 is 17.9 Å². The van der Waals surface area contributed by atoms with Gasteiger partial charge in [0, 0.05) is 30.1 Å². The van der Waals surface area contributed by atoms with Crippen molar-refractivity contribution >= 4 is 21.6 Å². The molecule has 0 fully saturated rings. The number of methoxy groups -OCH3 is 1. The van der Waals surface area contributed by atoms with Gasteiger partial charge in [-0.1, -0.05) is 13.0 Å². The highest BCUT2D eigenvalue weighted by Gasteiger charge is 2.23. The molecule has 0 aliphatic rings. The quantitative estimate of drug-likeness (QED) is 0.834. The molecular formula is C15H24N2O4S. The average molecular weight is 328 g/mol. The minimum Gasteiger partial charge on any atom is -0.497 e. The smallest absolute Gasteiger partial charge is 0.322 e. The topological polar surface area (TPSA) is 75.7 Å². The predicted octanol–water partition coefficient (Wildman–Crippen LogP) is 2.37. The third kappa shape index (κ3) is 5.22.